The average molecular weight is 396 g/mol. The van der Waals surface area contributed by atoms with Crippen molar-refractivity contribution in [1.82, 2.24) is 4.31 Å². The molecule has 26 heavy (non-hydrogen) atoms. The quantitative estimate of drug-likeness (QED) is 0.413. The molecule has 1 aromatic rings. The Kier molecular flexibility index (Phi) is 8.30. The van der Waals surface area contributed by atoms with E-state index in [4.69, 9.17) is 4.43 Å². The Morgan fingerprint density at radius 3 is 2.19 bits per heavy atom. The molecule has 144 valence electrons. The van der Waals surface area contributed by atoms with Crippen molar-refractivity contribution in [1.29, 1.82) is 0 Å². The molecule has 1 rings (SSSR count). The third-order valence-electron chi connectivity index (χ3n) is 4.57. The second-order valence-electron chi connectivity index (χ2n) is 6.00. The molecule has 0 N–H and O–H groups in total. The van der Waals surface area contributed by atoms with E-state index >= 15 is 0 Å². The molecule has 0 spiro atoms. The van der Waals surface area contributed by atoms with Gasteiger partial charge in [-0.2, -0.15) is 0 Å². The molecule has 1 amide bonds. The SMILES string of the molecule is C=CCC(=O)N(CC=C)S(=O)(=O)c1ccccc1O[Si](CC)(CC)CC. The zero-order valence-corrected chi connectivity index (χ0v) is 17.7. The second-order valence-corrected chi connectivity index (χ2v) is 12.5. The van der Waals surface area contributed by atoms with E-state index in [0.717, 1.165) is 22.4 Å². The molecule has 0 saturated heterocycles. The fourth-order valence-corrected chi connectivity index (χ4v) is 6.89. The first-order valence-corrected chi connectivity index (χ1v) is 12.8. The van der Waals surface area contributed by atoms with Gasteiger partial charge in [-0.05, 0) is 30.3 Å². The maximum atomic E-state index is 13.2. The van der Waals surface area contributed by atoms with Gasteiger partial charge in [0.1, 0.15) is 10.6 Å². The minimum absolute atomic E-state index is 0.0199. The van der Waals surface area contributed by atoms with Crippen molar-refractivity contribution in [2.75, 3.05) is 6.54 Å². The summed E-state index contributed by atoms with van der Waals surface area (Å²) in [5.41, 5.74) is 0. The van der Waals surface area contributed by atoms with Gasteiger partial charge in [-0.3, -0.25) is 4.79 Å². The molecule has 0 fully saturated rings. The molecular formula is C19H29NO4SSi. The first-order chi connectivity index (χ1) is 12.3. The van der Waals surface area contributed by atoms with Crippen molar-refractivity contribution >= 4 is 24.2 Å². The van der Waals surface area contributed by atoms with Gasteiger partial charge in [0.05, 0.1) is 6.54 Å². The summed E-state index contributed by atoms with van der Waals surface area (Å²) in [5.74, 6) is -0.218. The first-order valence-electron chi connectivity index (χ1n) is 8.87. The molecule has 1 aromatic carbocycles. The van der Waals surface area contributed by atoms with Gasteiger partial charge in [0.25, 0.3) is 18.3 Å². The number of carbonyl (C=O) groups is 1. The van der Waals surface area contributed by atoms with Gasteiger partial charge in [-0.1, -0.05) is 45.1 Å². The third-order valence-corrected chi connectivity index (χ3v) is 10.9. The van der Waals surface area contributed by atoms with E-state index in [1.807, 2.05) is 0 Å². The van der Waals surface area contributed by atoms with Crippen LogP contribution >= 0.6 is 0 Å². The zero-order valence-electron chi connectivity index (χ0n) is 15.9. The van der Waals surface area contributed by atoms with Gasteiger partial charge in [-0.25, -0.2) is 12.7 Å². The van der Waals surface area contributed by atoms with Crippen LogP contribution in [0.3, 0.4) is 0 Å². The summed E-state index contributed by atoms with van der Waals surface area (Å²) in [4.78, 5) is 12.3. The summed E-state index contributed by atoms with van der Waals surface area (Å²) >= 11 is 0. The molecule has 7 heteroatoms. The van der Waals surface area contributed by atoms with E-state index in [-0.39, 0.29) is 17.9 Å². The van der Waals surface area contributed by atoms with Gasteiger partial charge in [0, 0.05) is 6.42 Å². The second kappa shape index (κ2) is 9.73. The summed E-state index contributed by atoms with van der Waals surface area (Å²) in [7, 11) is -6.12. The smallest absolute Gasteiger partial charge is 0.270 e. The van der Waals surface area contributed by atoms with Crippen LogP contribution in [-0.2, 0) is 14.8 Å². The van der Waals surface area contributed by atoms with Crippen molar-refractivity contribution in [3.63, 3.8) is 0 Å². The number of carbonyl (C=O) groups excluding carboxylic acids is 1. The molecule has 0 atom stereocenters. The van der Waals surface area contributed by atoms with Crippen LogP contribution in [0.1, 0.15) is 27.2 Å². The van der Waals surface area contributed by atoms with Crippen LogP contribution in [0.2, 0.25) is 18.1 Å². The van der Waals surface area contributed by atoms with Crippen LogP contribution in [0.15, 0.2) is 54.5 Å². The van der Waals surface area contributed by atoms with Crippen molar-refractivity contribution in [3.8, 4) is 5.75 Å². The van der Waals surface area contributed by atoms with Crippen molar-refractivity contribution in [2.45, 2.75) is 50.2 Å². The molecule has 0 bridgehead atoms. The van der Waals surface area contributed by atoms with E-state index < -0.39 is 24.2 Å². The Morgan fingerprint density at radius 1 is 1.12 bits per heavy atom. The predicted octanol–water partition coefficient (Wildman–Crippen LogP) is 4.35. The molecule has 0 heterocycles. The molecule has 0 aromatic heterocycles. The highest BCUT2D eigenvalue weighted by Crippen LogP contribution is 2.32. The Morgan fingerprint density at radius 2 is 1.69 bits per heavy atom. The minimum atomic E-state index is -4.05. The van der Waals surface area contributed by atoms with Gasteiger partial charge in [0.15, 0.2) is 0 Å². The average Bonchev–Trinajstić information content (AvgIpc) is 2.64. The third kappa shape index (κ3) is 4.85. The lowest BCUT2D eigenvalue weighted by atomic mass is 10.3. The summed E-state index contributed by atoms with van der Waals surface area (Å²) < 4.78 is 33.5. The number of sulfonamides is 1. The van der Waals surface area contributed by atoms with Crippen LogP contribution in [0.25, 0.3) is 0 Å². The zero-order chi connectivity index (χ0) is 19.8. The lowest BCUT2D eigenvalue weighted by Gasteiger charge is -2.30. The summed E-state index contributed by atoms with van der Waals surface area (Å²) in [6.45, 7) is 13.2. The lowest BCUT2D eigenvalue weighted by Crippen LogP contribution is -2.41. The number of amides is 1. The Balaban J connectivity index is 3.43. The molecule has 0 aliphatic carbocycles. The topological polar surface area (TPSA) is 63.7 Å². The lowest BCUT2D eigenvalue weighted by molar-refractivity contribution is -0.125. The van der Waals surface area contributed by atoms with Gasteiger partial charge >= 0.3 is 0 Å². The van der Waals surface area contributed by atoms with Crippen LogP contribution in [0, 0.1) is 0 Å². The Hall–Kier alpha value is -1.86. The molecule has 0 saturated carbocycles. The van der Waals surface area contributed by atoms with Crippen LogP contribution in [0.4, 0.5) is 0 Å². The highest BCUT2D eigenvalue weighted by Gasteiger charge is 2.35. The fraction of sp³-hybridized carbons (Fsp3) is 0.421. The number of nitrogens with zero attached hydrogens (tertiary/aromatic N) is 1. The molecular weight excluding hydrogens is 366 g/mol. The van der Waals surface area contributed by atoms with Crippen molar-refractivity contribution in [3.05, 3.63) is 49.6 Å². The predicted molar refractivity (Wildman–Crippen MR) is 108 cm³/mol. The Labute approximate surface area is 158 Å². The Bertz CT molecular complexity index is 733. The number of hydrogen-bond acceptors (Lipinski definition) is 4. The maximum Gasteiger partial charge on any atom is 0.270 e. The van der Waals surface area contributed by atoms with E-state index in [0.29, 0.717) is 5.75 Å². The summed E-state index contributed by atoms with van der Waals surface area (Å²) in [6, 6.07) is 9.21. The number of rotatable bonds is 11. The number of para-hydroxylation sites is 1. The van der Waals surface area contributed by atoms with Gasteiger partial charge in [-0.15, -0.1) is 13.2 Å². The molecule has 0 radical (unpaired) electrons. The van der Waals surface area contributed by atoms with Crippen molar-refractivity contribution in [2.24, 2.45) is 0 Å². The number of hydrogen-bond donors (Lipinski definition) is 0. The van der Waals surface area contributed by atoms with Crippen LogP contribution in [0.5, 0.6) is 5.75 Å². The van der Waals surface area contributed by atoms with E-state index in [1.165, 1.54) is 18.2 Å². The largest absolute Gasteiger partial charge is 0.543 e. The molecule has 0 aliphatic rings. The summed E-state index contributed by atoms with van der Waals surface area (Å²) in [6.07, 6.45) is 2.72. The standard InChI is InChI=1S/C19H29NO4SSi/c1-6-13-19(21)20(16-7-2)25(22,23)18-15-12-11-14-17(18)24-26(8-3,9-4)10-5/h6-7,11-12,14-15H,1-2,8-10,13,16H2,3-5H3. The first kappa shape index (κ1) is 22.2. The fourth-order valence-electron chi connectivity index (χ4n) is 2.74. The van der Waals surface area contributed by atoms with E-state index in [1.54, 1.807) is 18.2 Å². The van der Waals surface area contributed by atoms with Gasteiger partial charge < -0.3 is 4.43 Å². The molecule has 0 unspecified atom stereocenters. The van der Waals surface area contributed by atoms with E-state index in [9.17, 15) is 13.2 Å². The monoisotopic (exact) mass is 395 g/mol. The molecule has 5 nitrogen and oxygen atoms in total. The highest BCUT2D eigenvalue weighted by molar-refractivity contribution is 7.89. The van der Waals surface area contributed by atoms with Crippen LogP contribution in [-0.4, -0.2) is 33.5 Å². The van der Waals surface area contributed by atoms with Crippen LogP contribution < -0.4 is 4.43 Å². The van der Waals surface area contributed by atoms with E-state index in [2.05, 4.69) is 33.9 Å². The maximum absolute atomic E-state index is 13.2. The molecule has 0 aliphatic heterocycles. The number of benzene rings is 1. The van der Waals surface area contributed by atoms with Crippen molar-refractivity contribution < 1.29 is 17.6 Å². The normalized spacial score (nSPS) is 11.7. The van der Waals surface area contributed by atoms with Gasteiger partial charge in [0.2, 0.25) is 5.91 Å². The summed E-state index contributed by atoms with van der Waals surface area (Å²) in [5, 5.41) is 0. The highest BCUT2D eigenvalue weighted by atomic mass is 32.2. The minimum Gasteiger partial charge on any atom is -0.543 e.